The van der Waals surface area contributed by atoms with Gasteiger partial charge in [0.05, 0.1) is 0 Å². The molecule has 0 spiro atoms. The van der Waals surface area contributed by atoms with Crippen LogP contribution in [-0.4, -0.2) is 30.7 Å². The molecule has 1 aliphatic rings. The summed E-state index contributed by atoms with van der Waals surface area (Å²) in [6.45, 7) is 3.41. The van der Waals surface area contributed by atoms with Crippen molar-refractivity contribution in [3.05, 3.63) is 71.3 Å². The molecule has 0 radical (unpaired) electrons. The Labute approximate surface area is 171 Å². The zero-order valence-electron chi connectivity index (χ0n) is 17.6. The normalized spacial score (nSPS) is 21.0. The highest BCUT2D eigenvalue weighted by atomic mass is 19.1. The average molecular weight is 382 g/mol. The first-order valence-electron chi connectivity index (χ1n) is 11.1. The maximum absolute atomic E-state index is 13.4. The van der Waals surface area contributed by atoms with Crippen LogP contribution in [-0.2, 0) is 12.8 Å². The standard InChI is InChI=1S/C26H36FN/c1-3-26(28(2)20-19-21-7-5-4-6-8-21)18-11-22-9-12-23(13-10-22)24-14-16-25(27)17-15-24/h4-10,12-13,24-26H,3,11,14-20H2,1-2H3. The molecule has 2 heteroatoms. The van der Waals surface area contributed by atoms with Gasteiger partial charge in [-0.2, -0.15) is 0 Å². The highest BCUT2D eigenvalue weighted by Gasteiger charge is 2.21. The van der Waals surface area contributed by atoms with E-state index in [9.17, 15) is 4.39 Å². The summed E-state index contributed by atoms with van der Waals surface area (Å²) in [5.41, 5.74) is 4.25. The Hall–Kier alpha value is -1.67. The summed E-state index contributed by atoms with van der Waals surface area (Å²) in [5.74, 6) is 0.563. The van der Waals surface area contributed by atoms with Crippen molar-refractivity contribution in [1.29, 1.82) is 0 Å². The number of likely N-dealkylation sites (N-methyl/N-ethyl adjacent to an activating group) is 1. The minimum atomic E-state index is -0.569. The van der Waals surface area contributed by atoms with E-state index in [1.54, 1.807) is 0 Å². The minimum absolute atomic E-state index is 0.563. The van der Waals surface area contributed by atoms with Crippen LogP contribution < -0.4 is 0 Å². The molecule has 0 N–H and O–H groups in total. The van der Waals surface area contributed by atoms with Gasteiger partial charge in [0.15, 0.2) is 0 Å². The van der Waals surface area contributed by atoms with E-state index in [0.717, 1.165) is 45.1 Å². The summed E-state index contributed by atoms with van der Waals surface area (Å²) < 4.78 is 13.4. The van der Waals surface area contributed by atoms with Crippen LogP contribution in [0.1, 0.15) is 68.1 Å². The highest BCUT2D eigenvalue weighted by molar-refractivity contribution is 5.26. The third-order valence-electron chi connectivity index (χ3n) is 6.56. The molecule has 0 saturated heterocycles. The number of hydrogen-bond donors (Lipinski definition) is 0. The average Bonchev–Trinajstić information content (AvgIpc) is 2.74. The first-order chi connectivity index (χ1) is 13.7. The summed E-state index contributed by atoms with van der Waals surface area (Å²) in [4.78, 5) is 2.52. The zero-order chi connectivity index (χ0) is 19.8. The lowest BCUT2D eigenvalue weighted by atomic mass is 9.83. The van der Waals surface area contributed by atoms with E-state index < -0.39 is 6.17 Å². The Morgan fingerprint density at radius 2 is 1.54 bits per heavy atom. The van der Waals surface area contributed by atoms with Crippen LogP contribution in [0.2, 0.25) is 0 Å². The molecule has 1 atom stereocenters. The molecular formula is C26H36FN. The van der Waals surface area contributed by atoms with Crippen molar-refractivity contribution >= 4 is 0 Å². The van der Waals surface area contributed by atoms with Crippen LogP contribution in [0, 0.1) is 0 Å². The van der Waals surface area contributed by atoms with Crippen molar-refractivity contribution in [3.63, 3.8) is 0 Å². The quantitative estimate of drug-likeness (QED) is 0.475. The fourth-order valence-electron chi connectivity index (χ4n) is 4.54. The van der Waals surface area contributed by atoms with E-state index in [2.05, 4.69) is 73.5 Å². The maximum Gasteiger partial charge on any atom is 0.100 e. The maximum atomic E-state index is 13.4. The van der Waals surface area contributed by atoms with E-state index >= 15 is 0 Å². The number of rotatable bonds is 9. The number of halogens is 1. The summed E-state index contributed by atoms with van der Waals surface area (Å²) in [6, 6.07) is 20.6. The van der Waals surface area contributed by atoms with Crippen LogP contribution in [0.25, 0.3) is 0 Å². The van der Waals surface area contributed by atoms with Gasteiger partial charge in [-0.1, -0.05) is 61.5 Å². The molecule has 1 fully saturated rings. The molecule has 1 saturated carbocycles. The second-order valence-electron chi connectivity index (χ2n) is 8.51. The van der Waals surface area contributed by atoms with Gasteiger partial charge in [-0.3, -0.25) is 0 Å². The Morgan fingerprint density at radius 1 is 0.893 bits per heavy atom. The molecular weight excluding hydrogens is 345 g/mol. The molecule has 0 aliphatic heterocycles. The molecule has 0 heterocycles. The molecule has 2 aromatic carbocycles. The van der Waals surface area contributed by atoms with Gasteiger partial charge in [-0.05, 0) is 81.0 Å². The summed E-state index contributed by atoms with van der Waals surface area (Å²) in [7, 11) is 2.27. The fourth-order valence-corrected chi connectivity index (χ4v) is 4.54. The number of benzene rings is 2. The molecule has 152 valence electrons. The molecule has 2 aromatic rings. The Kier molecular flexibility index (Phi) is 8.09. The molecule has 0 bridgehead atoms. The van der Waals surface area contributed by atoms with Crippen molar-refractivity contribution in [2.24, 2.45) is 0 Å². The third-order valence-corrected chi connectivity index (χ3v) is 6.56. The topological polar surface area (TPSA) is 3.24 Å². The highest BCUT2D eigenvalue weighted by Crippen LogP contribution is 2.34. The summed E-state index contributed by atoms with van der Waals surface area (Å²) >= 11 is 0. The third kappa shape index (κ3) is 6.17. The van der Waals surface area contributed by atoms with Gasteiger partial charge in [0.1, 0.15) is 6.17 Å². The molecule has 1 unspecified atom stereocenters. The lowest BCUT2D eigenvalue weighted by Crippen LogP contribution is -2.33. The van der Waals surface area contributed by atoms with Crippen molar-refractivity contribution in [2.75, 3.05) is 13.6 Å². The lowest BCUT2D eigenvalue weighted by molar-refractivity contribution is 0.227. The fraction of sp³-hybridized carbons (Fsp3) is 0.538. The van der Waals surface area contributed by atoms with Crippen LogP contribution in [0.4, 0.5) is 4.39 Å². The van der Waals surface area contributed by atoms with Crippen molar-refractivity contribution in [1.82, 2.24) is 4.90 Å². The molecule has 0 amide bonds. The van der Waals surface area contributed by atoms with Gasteiger partial charge in [0.2, 0.25) is 0 Å². The van der Waals surface area contributed by atoms with Gasteiger partial charge in [-0.25, -0.2) is 4.39 Å². The molecule has 1 nitrogen and oxygen atoms in total. The lowest BCUT2D eigenvalue weighted by Gasteiger charge is -2.27. The Balaban J connectivity index is 1.46. The summed E-state index contributed by atoms with van der Waals surface area (Å²) in [6.07, 6.45) is 7.55. The van der Waals surface area contributed by atoms with Gasteiger partial charge in [0, 0.05) is 12.6 Å². The SMILES string of the molecule is CCC(CCc1ccc(C2CCC(F)CC2)cc1)N(C)CCc1ccccc1. The van der Waals surface area contributed by atoms with Gasteiger partial charge in [-0.15, -0.1) is 0 Å². The zero-order valence-corrected chi connectivity index (χ0v) is 17.6. The van der Waals surface area contributed by atoms with Crippen molar-refractivity contribution in [2.45, 2.75) is 76.4 Å². The number of nitrogens with zero attached hydrogens (tertiary/aromatic N) is 1. The first kappa shape index (κ1) is 21.0. The minimum Gasteiger partial charge on any atom is -0.303 e. The monoisotopic (exact) mass is 381 g/mol. The van der Waals surface area contributed by atoms with E-state index in [4.69, 9.17) is 0 Å². The van der Waals surface area contributed by atoms with Gasteiger partial charge in [0.25, 0.3) is 0 Å². The van der Waals surface area contributed by atoms with Crippen LogP contribution in [0.3, 0.4) is 0 Å². The summed E-state index contributed by atoms with van der Waals surface area (Å²) in [5, 5.41) is 0. The first-order valence-corrected chi connectivity index (χ1v) is 11.1. The Bertz CT molecular complexity index is 673. The second-order valence-corrected chi connectivity index (χ2v) is 8.51. The van der Waals surface area contributed by atoms with Crippen molar-refractivity contribution in [3.8, 4) is 0 Å². The van der Waals surface area contributed by atoms with E-state index in [1.807, 2.05) is 0 Å². The number of alkyl halides is 1. The van der Waals surface area contributed by atoms with Crippen LogP contribution >= 0.6 is 0 Å². The van der Waals surface area contributed by atoms with Crippen LogP contribution in [0.5, 0.6) is 0 Å². The smallest absolute Gasteiger partial charge is 0.100 e. The van der Waals surface area contributed by atoms with E-state index in [-0.39, 0.29) is 0 Å². The second kappa shape index (κ2) is 10.8. The van der Waals surface area contributed by atoms with E-state index in [1.165, 1.54) is 29.5 Å². The molecule has 1 aliphatic carbocycles. The van der Waals surface area contributed by atoms with Crippen LogP contribution in [0.15, 0.2) is 54.6 Å². The molecule has 0 aromatic heterocycles. The van der Waals surface area contributed by atoms with E-state index in [0.29, 0.717) is 12.0 Å². The predicted octanol–water partition coefficient (Wildman–Crippen LogP) is 6.57. The molecule has 28 heavy (non-hydrogen) atoms. The predicted molar refractivity (Wildman–Crippen MR) is 118 cm³/mol. The Morgan fingerprint density at radius 3 is 2.18 bits per heavy atom. The number of hydrogen-bond acceptors (Lipinski definition) is 1. The largest absolute Gasteiger partial charge is 0.303 e. The molecule has 3 rings (SSSR count). The van der Waals surface area contributed by atoms with Gasteiger partial charge >= 0.3 is 0 Å². The van der Waals surface area contributed by atoms with Crippen molar-refractivity contribution < 1.29 is 4.39 Å². The number of aryl methyl sites for hydroxylation is 1. The van der Waals surface area contributed by atoms with Gasteiger partial charge < -0.3 is 4.90 Å².